The average Bonchev–Trinajstić information content (AvgIpc) is 2.92. The summed E-state index contributed by atoms with van der Waals surface area (Å²) in [6.07, 6.45) is 4.48. The van der Waals surface area contributed by atoms with Crippen LogP contribution in [0.3, 0.4) is 0 Å². The van der Waals surface area contributed by atoms with Crippen molar-refractivity contribution in [1.29, 1.82) is 0 Å². The average molecular weight is 331 g/mol. The third-order valence-corrected chi connectivity index (χ3v) is 4.69. The second-order valence-electron chi connectivity index (χ2n) is 5.89. The fourth-order valence-corrected chi connectivity index (χ4v) is 3.35. The first-order valence-corrected chi connectivity index (χ1v) is 8.19. The van der Waals surface area contributed by atoms with E-state index in [1.807, 2.05) is 18.2 Å². The normalized spacial score (nSPS) is 14.0. The summed E-state index contributed by atoms with van der Waals surface area (Å²) in [5, 5.41) is 1.52. The minimum absolute atomic E-state index is 0.310. The van der Waals surface area contributed by atoms with Crippen LogP contribution in [0.25, 0.3) is 11.0 Å². The molecule has 2 nitrogen and oxygen atoms in total. The third kappa shape index (κ3) is 2.81. The molecule has 1 aromatic heterocycles. The van der Waals surface area contributed by atoms with Gasteiger partial charge in [-0.25, -0.2) is 4.39 Å². The van der Waals surface area contributed by atoms with Crippen LogP contribution in [0.15, 0.2) is 40.8 Å². The summed E-state index contributed by atoms with van der Waals surface area (Å²) < 4.78 is 24.8. The standard InChI is InChI=1S/C19H16ClFO2/c20-17-9-13(21)6-5-12(17)11-22-14-7-8-19-16(10-14)15-3-1-2-4-18(15)23-19/h5-10H,1-4,11H2. The van der Waals surface area contributed by atoms with Crippen LogP contribution < -0.4 is 4.74 Å². The molecule has 0 spiro atoms. The zero-order chi connectivity index (χ0) is 15.8. The SMILES string of the molecule is Fc1ccc(COc2ccc3oc4c(c3c2)CCCC4)c(Cl)c1. The van der Waals surface area contributed by atoms with Gasteiger partial charge in [-0.2, -0.15) is 0 Å². The Kier molecular flexibility index (Phi) is 3.74. The molecule has 118 valence electrons. The Morgan fingerprint density at radius 1 is 1.09 bits per heavy atom. The molecule has 0 amide bonds. The monoisotopic (exact) mass is 330 g/mol. The second kappa shape index (κ2) is 5.89. The van der Waals surface area contributed by atoms with Gasteiger partial charge in [0.15, 0.2) is 0 Å². The number of ether oxygens (including phenoxy) is 1. The van der Waals surface area contributed by atoms with Crippen LogP contribution in [-0.4, -0.2) is 0 Å². The maximum Gasteiger partial charge on any atom is 0.134 e. The Morgan fingerprint density at radius 3 is 2.83 bits per heavy atom. The fourth-order valence-electron chi connectivity index (χ4n) is 3.13. The largest absolute Gasteiger partial charge is 0.489 e. The Bertz CT molecular complexity index is 869. The van der Waals surface area contributed by atoms with Gasteiger partial charge in [0.2, 0.25) is 0 Å². The zero-order valence-electron chi connectivity index (χ0n) is 12.6. The lowest BCUT2D eigenvalue weighted by atomic mass is 9.96. The van der Waals surface area contributed by atoms with Crippen LogP contribution in [-0.2, 0) is 19.4 Å². The van der Waals surface area contributed by atoms with Gasteiger partial charge in [0.05, 0.1) is 5.02 Å². The van der Waals surface area contributed by atoms with Gasteiger partial charge in [-0.3, -0.25) is 0 Å². The summed E-state index contributed by atoms with van der Waals surface area (Å²) >= 11 is 6.03. The number of halogens is 2. The molecule has 0 aliphatic heterocycles. The van der Waals surface area contributed by atoms with Crippen molar-refractivity contribution in [3.63, 3.8) is 0 Å². The van der Waals surface area contributed by atoms with E-state index in [0.29, 0.717) is 11.6 Å². The third-order valence-electron chi connectivity index (χ3n) is 4.34. The van der Waals surface area contributed by atoms with E-state index in [9.17, 15) is 4.39 Å². The summed E-state index contributed by atoms with van der Waals surface area (Å²) in [5.74, 6) is 1.54. The topological polar surface area (TPSA) is 22.4 Å². The molecule has 1 aliphatic carbocycles. The molecule has 1 aliphatic rings. The van der Waals surface area contributed by atoms with E-state index in [0.717, 1.165) is 40.9 Å². The predicted octanol–water partition coefficient (Wildman–Crippen LogP) is 5.68. The summed E-state index contributed by atoms with van der Waals surface area (Å²) in [6, 6.07) is 10.2. The van der Waals surface area contributed by atoms with Crippen molar-refractivity contribution in [3.05, 3.63) is 64.1 Å². The number of hydrogen-bond donors (Lipinski definition) is 0. The molecule has 0 saturated carbocycles. The first-order valence-electron chi connectivity index (χ1n) is 7.82. The lowest BCUT2D eigenvalue weighted by Crippen LogP contribution is -1.99. The molecular formula is C19H16ClFO2. The molecule has 4 heteroatoms. The number of aryl methyl sites for hydroxylation is 2. The van der Waals surface area contributed by atoms with Gasteiger partial charge in [-0.1, -0.05) is 17.7 Å². The number of furan rings is 1. The maximum atomic E-state index is 13.1. The molecule has 1 heterocycles. The minimum Gasteiger partial charge on any atom is -0.489 e. The molecule has 0 atom stereocenters. The lowest BCUT2D eigenvalue weighted by molar-refractivity contribution is 0.306. The smallest absolute Gasteiger partial charge is 0.134 e. The Labute approximate surface area is 138 Å². The highest BCUT2D eigenvalue weighted by Gasteiger charge is 2.18. The van der Waals surface area contributed by atoms with E-state index in [1.165, 1.54) is 30.5 Å². The van der Waals surface area contributed by atoms with Crippen LogP contribution in [0.4, 0.5) is 4.39 Å². The number of benzene rings is 2. The highest BCUT2D eigenvalue weighted by Crippen LogP contribution is 2.34. The summed E-state index contributed by atoms with van der Waals surface area (Å²) in [4.78, 5) is 0. The molecule has 0 bridgehead atoms. The van der Waals surface area contributed by atoms with E-state index >= 15 is 0 Å². The van der Waals surface area contributed by atoms with Crippen molar-refractivity contribution < 1.29 is 13.5 Å². The highest BCUT2D eigenvalue weighted by molar-refractivity contribution is 6.31. The van der Waals surface area contributed by atoms with E-state index in [-0.39, 0.29) is 5.82 Å². The number of fused-ring (bicyclic) bond motifs is 3. The van der Waals surface area contributed by atoms with Gasteiger partial charge in [-0.15, -0.1) is 0 Å². The first kappa shape index (κ1) is 14.6. The molecular weight excluding hydrogens is 315 g/mol. The van der Waals surface area contributed by atoms with E-state index < -0.39 is 0 Å². The molecule has 0 fully saturated rings. The van der Waals surface area contributed by atoms with Crippen LogP contribution in [0.1, 0.15) is 29.7 Å². The minimum atomic E-state index is -0.342. The van der Waals surface area contributed by atoms with Gasteiger partial charge in [-0.05, 0) is 49.6 Å². The van der Waals surface area contributed by atoms with Crippen LogP contribution in [0, 0.1) is 5.82 Å². The molecule has 0 radical (unpaired) electrons. The molecule has 0 saturated heterocycles. The lowest BCUT2D eigenvalue weighted by Gasteiger charge is -2.10. The molecule has 3 aromatic rings. The van der Waals surface area contributed by atoms with Crippen molar-refractivity contribution in [1.82, 2.24) is 0 Å². The molecule has 23 heavy (non-hydrogen) atoms. The van der Waals surface area contributed by atoms with Crippen molar-refractivity contribution >= 4 is 22.6 Å². The van der Waals surface area contributed by atoms with Gasteiger partial charge in [0.25, 0.3) is 0 Å². The molecule has 0 N–H and O–H groups in total. The van der Waals surface area contributed by atoms with Gasteiger partial charge in [0.1, 0.15) is 29.5 Å². The zero-order valence-corrected chi connectivity index (χ0v) is 13.3. The number of hydrogen-bond acceptors (Lipinski definition) is 2. The molecule has 0 unspecified atom stereocenters. The molecule has 4 rings (SSSR count). The van der Waals surface area contributed by atoms with E-state index in [1.54, 1.807) is 6.07 Å². The van der Waals surface area contributed by atoms with Crippen LogP contribution >= 0.6 is 11.6 Å². The van der Waals surface area contributed by atoms with E-state index in [2.05, 4.69) is 0 Å². The maximum absolute atomic E-state index is 13.1. The van der Waals surface area contributed by atoms with Crippen molar-refractivity contribution in [2.45, 2.75) is 32.3 Å². The van der Waals surface area contributed by atoms with Gasteiger partial charge >= 0.3 is 0 Å². The van der Waals surface area contributed by atoms with Crippen LogP contribution in [0.5, 0.6) is 5.75 Å². The predicted molar refractivity (Wildman–Crippen MR) is 88.6 cm³/mol. The summed E-state index contributed by atoms with van der Waals surface area (Å²) in [6.45, 7) is 0.310. The highest BCUT2D eigenvalue weighted by atomic mass is 35.5. The summed E-state index contributed by atoms with van der Waals surface area (Å²) in [5.41, 5.74) is 3.00. The fraction of sp³-hybridized carbons (Fsp3) is 0.263. The van der Waals surface area contributed by atoms with Crippen molar-refractivity contribution in [3.8, 4) is 5.75 Å². The number of rotatable bonds is 3. The summed E-state index contributed by atoms with van der Waals surface area (Å²) in [7, 11) is 0. The Morgan fingerprint density at radius 2 is 1.96 bits per heavy atom. The van der Waals surface area contributed by atoms with Crippen molar-refractivity contribution in [2.75, 3.05) is 0 Å². The first-order chi connectivity index (χ1) is 11.2. The quantitative estimate of drug-likeness (QED) is 0.616. The van der Waals surface area contributed by atoms with Crippen molar-refractivity contribution in [2.24, 2.45) is 0 Å². The van der Waals surface area contributed by atoms with Gasteiger partial charge in [0, 0.05) is 22.9 Å². The second-order valence-corrected chi connectivity index (χ2v) is 6.30. The Hall–Kier alpha value is -2.00. The molecule has 2 aromatic carbocycles. The van der Waals surface area contributed by atoms with Crippen LogP contribution in [0.2, 0.25) is 5.02 Å². The van der Waals surface area contributed by atoms with Gasteiger partial charge < -0.3 is 9.15 Å². The Balaban J connectivity index is 1.59. The van der Waals surface area contributed by atoms with E-state index in [4.69, 9.17) is 20.8 Å².